The van der Waals surface area contributed by atoms with Crippen molar-refractivity contribution >= 4 is 11.9 Å². The van der Waals surface area contributed by atoms with Crippen molar-refractivity contribution in [1.82, 2.24) is 0 Å². The Bertz CT molecular complexity index is 617. The summed E-state index contributed by atoms with van der Waals surface area (Å²) in [7, 11) is 0. The van der Waals surface area contributed by atoms with Gasteiger partial charge in [-0.25, -0.2) is 4.79 Å². The molecule has 0 N–H and O–H groups in total. The zero-order valence-electron chi connectivity index (χ0n) is 11.8. The van der Waals surface area contributed by atoms with Crippen LogP contribution in [-0.4, -0.2) is 17.5 Å². The van der Waals surface area contributed by atoms with Crippen LogP contribution in [0.3, 0.4) is 0 Å². The van der Waals surface area contributed by atoms with Crippen LogP contribution >= 0.6 is 0 Å². The van der Waals surface area contributed by atoms with Crippen LogP contribution in [0, 0.1) is 17.8 Å². The van der Waals surface area contributed by atoms with Crippen LogP contribution < -0.4 is 0 Å². The van der Waals surface area contributed by atoms with E-state index >= 15 is 0 Å². The van der Waals surface area contributed by atoms with Crippen LogP contribution in [0.15, 0.2) is 35.6 Å². The Labute approximate surface area is 118 Å². The lowest BCUT2D eigenvalue weighted by Gasteiger charge is -2.43. The van der Waals surface area contributed by atoms with E-state index in [1.54, 1.807) is 26.0 Å². The monoisotopic (exact) mass is 272 g/mol. The summed E-state index contributed by atoms with van der Waals surface area (Å²) < 4.78 is 10.6. The fraction of sp³-hybridized carbons (Fsp3) is 0.375. The van der Waals surface area contributed by atoms with Gasteiger partial charge in [-0.15, -0.1) is 13.0 Å². The summed E-state index contributed by atoms with van der Waals surface area (Å²) in [4.78, 5) is 23.1. The molecule has 2 rings (SSSR count). The Balaban J connectivity index is 2.65. The molecule has 4 nitrogen and oxygen atoms in total. The van der Waals surface area contributed by atoms with Gasteiger partial charge in [-0.1, -0.05) is 12.0 Å². The van der Waals surface area contributed by atoms with Crippen LogP contribution in [0.4, 0.5) is 0 Å². The summed E-state index contributed by atoms with van der Waals surface area (Å²) in [6.07, 6.45) is 9.20. The third-order valence-electron chi connectivity index (χ3n) is 3.96. The molecule has 20 heavy (non-hydrogen) atoms. The second-order valence-electron chi connectivity index (χ2n) is 5.23. The van der Waals surface area contributed by atoms with Crippen molar-refractivity contribution in [3.05, 3.63) is 35.6 Å². The lowest BCUT2D eigenvalue weighted by molar-refractivity contribution is -0.158. The lowest BCUT2D eigenvalue weighted by Crippen LogP contribution is -2.49. The highest BCUT2D eigenvalue weighted by molar-refractivity contribution is 5.94. The van der Waals surface area contributed by atoms with Crippen molar-refractivity contribution in [2.24, 2.45) is 5.41 Å². The number of hydrogen-bond donors (Lipinski definition) is 0. The normalized spacial score (nSPS) is 31.9. The fourth-order valence-electron chi connectivity index (χ4n) is 2.56. The quantitative estimate of drug-likeness (QED) is 0.439. The van der Waals surface area contributed by atoms with Crippen molar-refractivity contribution in [3.63, 3.8) is 0 Å². The van der Waals surface area contributed by atoms with Crippen LogP contribution in [-0.2, 0) is 19.1 Å². The van der Waals surface area contributed by atoms with Crippen molar-refractivity contribution < 1.29 is 19.1 Å². The number of ether oxygens (including phenoxy) is 2. The van der Waals surface area contributed by atoms with E-state index in [4.69, 9.17) is 15.9 Å². The van der Waals surface area contributed by atoms with Gasteiger partial charge < -0.3 is 9.47 Å². The molecule has 1 aliphatic heterocycles. The van der Waals surface area contributed by atoms with Gasteiger partial charge in [-0.05, 0) is 19.9 Å². The zero-order chi connectivity index (χ0) is 15.1. The number of carbonyl (C=O) groups excluding carboxylic acids is 2. The topological polar surface area (TPSA) is 52.6 Å². The largest absolute Gasteiger partial charge is 0.444 e. The molecule has 0 aromatic carbocycles. The molecule has 1 aliphatic carbocycles. The summed E-state index contributed by atoms with van der Waals surface area (Å²) in [5, 5.41) is 0. The van der Waals surface area contributed by atoms with Crippen molar-refractivity contribution in [3.8, 4) is 12.3 Å². The van der Waals surface area contributed by atoms with Gasteiger partial charge in [-0.2, -0.15) is 0 Å². The molecule has 0 amide bonds. The maximum atomic E-state index is 11.7. The van der Waals surface area contributed by atoms with Gasteiger partial charge in [0, 0.05) is 24.5 Å². The zero-order valence-corrected chi connectivity index (χ0v) is 11.8. The van der Waals surface area contributed by atoms with Gasteiger partial charge in [0.05, 0.1) is 5.41 Å². The van der Waals surface area contributed by atoms with Crippen molar-refractivity contribution in [2.75, 3.05) is 0 Å². The average Bonchev–Trinajstić information content (AvgIpc) is 2.64. The first kappa shape index (κ1) is 14.1. The Morgan fingerprint density at radius 2 is 2.30 bits per heavy atom. The van der Waals surface area contributed by atoms with E-state index in [0.717, 1.165) is 0 Å². The van der Waals surface area contributed by atoms with Gasteiger partial charge in [-0.3, -0.25) is 4.79 Å². The Kier molecular flexibility index (Phi) is 3.09. The maximum absolute atomic E-state index is 11.7. The molecule has 0 bridgehead atoms. The molecule has 0 aromatic rings. The molecule has 0 saturated carbocycles. The predicted molar refractivity (Wildman–Crippen MR) is 73.1 cm³/mol. The van der Waals surface area contributed by atoms with Crippen LogP contribution in [0.25, 0.3) is 0 Å². The fourth-order valence-corrected chi connectivity index (χ4v) is 2.56. The summed E-state index contributed by atoms with van der Waals surface area (Å²) in [6.45, 7) is 8.55. The highest BCUT2D eigenvalue weighted by Gasteiger charge is 2.53. The molecule has 0 aromatic heterocycles. The highest BCUT2D eigenvalue weighted by Crippen LogP contribution is 2.50. The average molecular weight is 272 g/mol. The molecule has 0 unspecified atom stereocenters. The molecular formula is C16H16O4. The molecule has 0 radical (unpaired) electrons. The molecule has 0 saturated heterocycles. The molecule has 0 fully saturated rings. The molecule has 2 atom stereocenters. The summed E-state index contributed by atoms with van der Waals surface area (Å²) in [5.74, 6) is 2.19. The van der Waals surface area contributed by atoms with Gasteiger partial charge >= 0.3 is 11.9 Å². The lowest BCUT2D eigenvalue weighted by atomic mass is 9.66. The van der Waals surface area contributed by atoms with Crippen molar-refractivity contribution in [2.45, 2.75) is 32.8 Å². The standard InChI is InChI=1S/C16H16O4/c1-6-15(5)9-13-12(10(3)14(18)19-13)8-16(15,7-2)20-11(4)17/h2,6,9H,1,8H2,3-5H3/t15-,16+/m1/s1. The number of hydrogen-bond acceptors (Lipinski definition) is 4. The molecule has 4 heteroatoms. The smallest absolute Gasteiger partial charge is 0.339 e. The number of carbonyl (C=O) groups is 2. The SMILES string of the molecule is C#C[C@]1(OC(C)=O)CC2=C(C)C(=O)OC2=C[C@@]1(C)C=C. The minimum absolute atomic E-state index is 0.231. The van der Waals surface area contributed by atoms with Gasteiger partial charge in [0.15, 0.2) is 5.60 Å². The molecule has 0 spiro atoms. The Morgan fingerprint density at radius 3 is 2.80 bits per heavy atom. The molecule has 104 valence electrons. The summed E-state index contributed by atoms with van der Waals surface area (Å²) in [5.41, 5.74) is -0.825. The third-order valence-corrected chi connectivity index (χ3v) is 3.96. The van der Waals surface area contributed by atoms with Crippen LogP contribution in [0.2, 0.25) is 0 Å². The minimum Gasteiger partial charge on any atom is -0.444 e. The number of allylic oxidation sites excluding steroid dienone is 1. The Hall–Kier alpha value is -2.28. The van der Waals surface area contributed by atoms with Gasteiger partial charge in [0.25, 0.3) is 0 Å². The van der Waals surface area contributed by atoms with E-state index in [1.807, 2.05) is 0 Å². The van der Waals surface area contributed by atoms with E-state index < -0.39 is 23.0 Å². The number of fused-ring (bicyclic) bond motifs is 1. The number of esters is 2. The van der Waals surface area contributed by atoms with Crippen LogP contribution in [0.1, 0.15) is 27.2 Å². The third kappa shape index (κ3) is 1.78. The summed E-state index contributed by atoms with van der Waals surface area (Å²) in [6, 6.07) is 0. The highest BCUT2D eigenvalue weighted by atomic mass is 16.6. The van der Waals surface area contributed by atoms with E-state index in [2.05, 4.69) is 12.5 Å². The van der Waals surface area contributed by atoms with Crippen LogP contribution in [0.5, 0.6) is 0 Å². The second-order valence-corrected chi connectivity index (χ2v) is 5.23. The van der Waals surface area contributed by atoms with E-state index in [9.17, 15) is 9.59 Å². The summed E-state index contributed by atoms with van der Waals surface area (Å²) >= 11 is 0. The molecule has 1 heterocycles. The second kappa shape index (κ2) is 4.38. The Morgan fingerprint density at radius 1 is 1.65 bits per heavy atom. The first-order valence-corrected chi connectivity index (χ1v) is 6.24. The number of rotatable bonds is 2. The van der Waals surface area contributed by atoms with E-state index in [0.29, 0.717) is 16.9 Å². The van der Waals surface area contributed by atoms with Crippen molar-refractivity contribution in [1.29, 1.82) is 0 Å². The van der Waals surface area contributed by atoms with E-state index in [1.165, 1.54) is 6.92 Å². The van der Waals surface area contributed by atoms with E-state index in [-0.39, 0.29) is 6.42 Å². The first-order valence-electron chi connectivity index (χ1n) is 6.24. The minimum atomic E-state index is -1.20. The van der Waals surface area contributed by atoms with Gasteiger partial charge in [0.2, 0.25) is 0 Å². The molecular weight excluding hydrogens is 256 g/mol. The van der Waals surface area contributed by atoms with Gasteiger partial charge in [0.1, 0.15) is 5.76 Å². The maximum Gasteiger partial charge on any atom is 0.339 e. The predicted octanol–water partition coefficient (Wildman–Crippen LogP) is 2.27. The first-order chi connectivity index (χ1) is 9.28. The molecule has 2 aliphatic rings. The number of terminal acetylenes is 1.